The van der Waals surface area contributed by atoms with Gasteiger partial charge in [-0.15, -0.1) is 0 Å². The van der Waals surface area contributed by atoms with Gasteiger partial charge < -0.3 is 29.3 Å². The molecule has 1 heterocycles. The van der Waals surface area contributed by atoms with Gasteiger partial charge in [-0.05, 0) is 42.8 Å². The summed E-state index contributed by atoms with van der Waals surface area (Å²) in [5.74, 6) is -1.44. The number of carbonyl (C=O) groups is 2. The largest absolute Gasteiger partial charge is 0.507 e. The minimum atomic E-state index is -0.911. The number of hydrogen-bond acceptors (Lipinski definition) is 7. The normalized spacial score (nSPS) is 17.6. The first-order chi connectivity index (χ1) is 15.3. The van der Waals surface area contributed by atoms with E-state index in [0.29, 0.717) is 17.9 Å². The van der Waals surface area contributed by atoms with Crippen LogP contribution in [-0.4, -0.2) is 60.8 Å². The van der Waals surface area contributed by atoms with Crippen molar-refractivity contribution in [3.8, 4) is 17.2 Å². The number of rotatable bonds is 8. The van der Waals surface area contributed by atoms with Crippen molar-refractivity contribution in [1.29, 1.82) is 0 Å². The zero-order valence-corrected chi connectivity index (χ0v) is 18.7. The van der Waals surface area contributed by atoms with Crippen LogP contribution in [0.15, 0.2) is 42.0 Å². The first-order valence-electron chi connectivity index (χ1n) is 9.91. The monoisotopic (exact) mass is 461 g/mol. The van der Waals surface area contributed by atoms with Gasteiger partial charge in [0.25, 0.3) is 11.7 Å². The molecule has 170 valence electrons. The van der Waals surface area contributed by atoms with Crippen molar-refractivity contribution < 1.29 is 34.0 Å². The molecule has 1 aliphatic heterocycles. The molecule has 1 saturated heterocycles. The second-order valence-corrected chi connectivity index (χ2v) is 7.40. The number of aliphatic hydroxyl groups is 1. The minimum Gasteiger partial charge on any atom is -0.507 e. The van der Waals surface area contributed by atoms with Crippen LogP contribution in [0.25, 0.3) is 5.76 Å². The molecule has 8 nitrogen and oxygen atoms in total. The van der Waals surface area contributed by atoms with E-state index in [1.165, 1.54) is 31.3 Å². The van der Waals surface area contributed by atoms with Crippen LogP contribution in [0.5, 0.6) is 17.2 Å². The Bertz CT molecular complexity index is 1070. The summed E-state index contributed by atoms with van der Waals surface area (Å²) in [5.41, 5.74) is 0.650. The van der Waals surface area contributed by atoms with E-state index in [0.717, 1.165) is 0 Å². The van der Waals surface area contributed by atoms with Crippen molar-refractivity contribution in [3.05, 3.63) is 58.1 Å². The molecule has 32 heavy (non-hydrogen) atoms. The summed E-state index contributed by atoms with van der Waals surface area (Å²) in [7, 11) is 2.95. The van der Waals surface area contributed by atoms with Crippen LogP contribution in [0.3, 0.4) is 0 Å². The number of benzene rings is 2. The molecule has 0 aliphatic carbocycles. The van der Waals surface area contributed by atoms with Gasteiger partial charge in [0.05, 0.1) is 37.0 Å². The quantitative estimate of drug-likeness (QED) is 0.352. The average molecular weight is 462 g/mol. The number of Topliss-reactive ketones (excluding diaryl/α,β-unsaturated/α-hetero) is 1. The third-order valence-electron chi connectivity index (χ3n) is 5.10. The van der Waals surface area contributed by atoms with Crippen LogP contribution in [0, 0.1) is 0 Å². The van der Waals surface area contributed by atoms with E-state index in [1.54, 1.807) is 31.2 Å². The molecule has 1 fully saturated rings. The summed E-state index contributed by atoms with van der Waals surface area (Å²) in [5, 5.41) is 21.4. The van der Waals surface area contributed by atoms with Gasteiger partial charge in [0.15, 0.2) is 11.5 Å². The van der Waals surface area contributed by atoms with Gasteiger partial charge in [-0.3, -0.25) is 9.59 Å². The number of halogens is 1. The molecule has 0 aromatic heterocycles. The summed E-state index contributed by atoms with van der Waals surface area (Å²) in [6, 6.07) is 8.18. The maximum Gasteiger partial charge on any atom is 0.295 e. The molecule has 2 N–H and O–H groups in total. The van der Waals surface area contributed by atoms with Crippen LogP contribution in [-0.2, 0) is 14.3 Å². The van der Waals surface area contributed by atoms with Crippen molar-refractivity contribution in [3.63, 3.8) is 0 Å². The Balaban J connectivity index is 2.19. The molecule has 0 spiro atoms. The fourth-order valence-corrected chi connectivity index (χ4v) is 3.85. The zero-order chi connectivity index (χ0) is 23.4. The summed E-state index contributed by atoms with van der Waals surface area (Å²) in [6.07, 6.45) is 0. The maximum absolute atomic E-state index is 13.0. The van der Waals surface area contributed by atoms with Crippen LogP contribution >= 0.6 is 11.6 Å². The van der Waals surface area contributed by atoms with Crippen LogP contribution in [0.4, 0.5) is 0 Å². The predicted octanol–water partition coefficient (Wildman–Crippen LogP) is 3.52. The number of carbonyl (C=O) groups excluding carboxylic acids is 2. The topological polar surface area (TPSA) is 106 Å². The Hall–Kier alpha value is -3.23. The second-order valence-electron chi connectivity index (χ2n) is 6.99. The van der Waals surface area contributed by atoms with Crippen LogP contribution < -0.4 is 9.47 Å². The number of ketones is 1. The molecule has 2 aromatic carbocycles. The molecule has 3 rings (SSSR count). The highest BCUT2D eigenvalue weighted by atomic mass is 35.5. The highest BCUT2D eigenvalue weighted by molar-refractivity contribution is 6.46. The number of likely N-dealkylation sites (tertiary alicyclic amines) is 1. The summed E-state index contributed by atoms with van der Waals surface area (Å²) < 4.78 is 15.7. The van der Waals surface area contributed by atoms with Crippen LogP contribution in [0.2, 0.25) is 5.02 Å². The lowest BCUT2D eigenvalue weighted by atomic mass is 9.95. The van der Waals surface area contributed by atoms with Gasteiger partial charge in [-0.1, -0.05) is 17.7 Å². The Morgan fingerprint density at radius 2 is 1.88 bits per heavy atom. The lowest BCUT2D eigenvalue weighted by Crippen LogP contribution is -2.32. The number of methoxy groups -OCH3 is 2. The number of phenols is 1. The fourth-order valence-electron chi connectivity index (χ4n) is 3.59. The van der Waals surface area contributed by atoms with Gasteiger partial charge in [-0.2, -0.15) is 0 Å². The van der Waals surface area contributed by atoms with E-state index >= 15 is 0 Å². The molecule has 9 heteroatoms. The minimum absolute atomic E-state index is 0.0774. The van der Waals surface area contributed by atoms with Gasteiger partial charge in [-0.25, -0.2) is 0 Å². The van der Waals surface area contributed by atoms with Gasteiger partial charge in [0.2, 0.25) is 0 Å². The molecule has 0 saturated carbocycles. The maximum atomic E-state index is 13.0. The van der Waals surface area contributed by atoms with Gasteiger partial charge >= 0.3 is 0 Å². The standard InChI is InChI=1S/C23H24ClNO7/c1-4-32-18-12-13(5-7-16(18)26)20-19(22(28)23(29)25(20)9-10-30-2)21(27)14-6-8-17(31-3)15(24)11-14/h5-8,11-12,20,26-27H,4,9-10H2,1-3H3/b21-19-. The number of nitrogens with zero attached hydrogens (tertiary/aromatic N) is 1. The highest BCUT2D eigenvalue weighted by Gasteiger charge is 2.46. The molecule has 0 radical (unpaired) electrons. The SMILES string of the molecule is CCOc1cc(C2/C(=C(/O)c3ccc(OC)c(Cl)c3)C(=O)C(=O)N2CCOC)ccc1O. The average Bonchev–Trinajstić information content (AvgIpc) is 3.03. The molecule has 1 aliphatic rings. The third-order valence-corrected chi connectivity index (χ3v) is 5.40. The number of hydrogen-bond donors (Lipinski definition) is 2. The van der Waals surface area contributed by atoms with Gasteiger partial charge in [0.1, 0.15) is 11.5 Å². The fraction of sp³-hybridized carbons (Fsp3) is 0.304. The molecular formula is C23H24ClNO7. The van der Waals surface area contributed by atoms with Crippen molar-refractivity contribution >= 4 is 29.1 Å². The third kappa shape index (κ3) is 4.37. The number of aromatic hydroxyl groups is 1. The molecule has 2 aromatic rings. The van der Waals surface area contributed by atoms with E-state index in [9.17, 15) is 19.8 Å². The van der Waals surface area contributed by atoms with Crippen molar-refractivity contribution in [1.82, 2.24) is 4.90 Å². The zero-order valence-electron chi connectivity index (χ0n) is 17.9. The predicted molar refractivity (Wildman–Crippen MR) is 118 cm³/mol. The lowest BCUT2D eigenvalue weighted by Gasteiger charge is -2.25. The molecule has 1 unspecified atom stereocenters. The van der Waals surface area contributed by atoms with E-state index in [1.807, 2.05) is 0 Å². The molecule has 1 amide bonds. The molecular weight excluding hydrogens is 438 g/mol. The van der Waals surface area contributed by atoms with E-state index in [2.05, 4.69) is 0 Å². The number of phenolic OH excluding ortho intramolecular Hbond substituents is 1. The Kier molecular flexibility index (Phi) is 7.27. The van der Waals surface area contributed by atoms with E-state index in [4.69, 9.17) is 25.8 Å². The summed E-state index contributed by atoms with van der Waals surface area (Å²) >= 11 is 6.19. The van der Waals surface area contributed by atoms with E-state index in [-0.39, 0.29) is 46.6 Å². The lowest BCUT2D eigenvalue weighted by molar-refractivity contribution is -0.140. The second kappa shape index (κ2) is 9.93. The van der Waals surface area contributed by atoms with E-state index < -0.39 is 17.7 Å². The highest BCUT2D eigenvalue weighted by Crippen LogP contribution is 2.42. The van der Waals surface area contributed by atoms with Crippen molar-refractivity contribution in [2.75, 3.05) is 34.0 Å². The number of ether oxygens (including phenoxy) is 3. The Morgan fingerprint density at radius 3 is 2.50 bits per heavy atom. The molecule has 1 atom stereocenters. The smallest absolute Gasteiger partial charge is 0.295 e. The Labute approximate surface area is 190 Å². The summed E-state index contributed by atoms with van der Waals surface area (Å²) in [6.45, 7) is 2.39. The number of amides is 1. The van der Waals surface area contributed by atoms with Crippen molar-refractivity contribution in [2.45, 2.75) is 13.0 Å². The van der Waals surface area contributed by atoms with Crippen molar-refractivity contribution in [2.24, 2.45) is 0 Å². The van der Waals surface area contributed by atoms with Gasteiger partial charge in [0, 0.05) is 19.2 Å². The Morgan fingerprint density at radius 1 is 1.12 bits per heavy atom. The summed E-state index contributed by atoms with van der Waals surface area (Å²) in [4.78, 5) is 27.1. The number of aliphatic hydroxyl groups excluding tert-OH is 1. The first-order valence-corrected chi connectivity index (χ1v) is 10.3. The molecule has 0 bridgehead atoms. The van der Waals surface area contributed by atoms with Crippen LogP contribution in [0.1, 0.15) is 24.1 Å². The first kappa shape index (κ1) is 23.4.